The van der Waals surface area contributed by atoms with Crippen molar-refractivity contribution in [2.24, 2.45) is 5.10 Å². The lowest BCUT2D eigenvalue weighted by Gasteiger charge is -2.10. The van der Waals surface area contributed by atoms with Crippen LogP contribution in [0.5, 0.6) is 17.2 Å². The summed E-state index contributed by atoms with van der Waals surface area (Å²) >= 11 is 6.10. The first-order chi connectivity index (χ1) is 12.4. The summed E-state index contributed by atoms with van der Waals surface area (Å²) < 4.78 is 40.1. The van der Waals surface area contributed by atoms with Gasteiger partial charge in [0.1, 0.15) is 5.75 Å². The third-order valence-corrected chi connectivity index (χ3v) is 4.81. The van der Waals surface area contributed by atoms with E-state index in [2.05, 4.69) is 9.93 Å². The largest absolute Gasteiger partial charge is 0.494 e. The van der Waals surface area contributed by atoms with Gasteiger partial charge in [0.05, 0.1) is 37.0 Å². The molecule has 0 spiro atoms. The molecule has 2 aromatic rings. The van der Waals surface area contributed by atoms with Gasteiger partial charge in [0.2, 0.25) is 0 Å². The highest BCUT2D eigenvalue weighted by atomic mass is 35.5. The molecule has 9 heteroatoms. The number of hydrogen-bond acceptors (Lipinski definition) is 6. The molecule has 2 aromatic carbocycles. The number of rotatable bonds is 8. The minimum atomic E-state index is -3.79. The van der Waals surface area contributed by atoms with Crippen molar-refractivity contribution in [1.29, 1.82) is 0 Å². The van der Waals surface area contributed by atoms with Crippen LogP contribution in [0.3, 0.4) is 0 Å². The summed E-state index contributed by atoms with van der Waals surface area (Å²) in [4.78, 5) is 2.22. The maximum Gasteiger partial charge on any atom is 0.276 e. The molecule has 0 heterocycles. The molecule has 140 valence electrons. The van der Waals surface area contributed by atoms with Crippen LogP contribution in [0.25, 0.3) is 0 Å². The standard InChI is InChI=1S/C17H19ClN2O5S/c1-4-25-13-5-7-14(8-6-13)26(21,22)20-19-11-12-9-15(18)17(24-3)16(10-12)23-2/h5-11,20H,4H2,1-3H3/b19-11+. The second-order valence-electron chi connectivity index (χ2n) is 5.00. The number of hydrazone groups is 1. The van der Waals surface area contributed by atoms with Crippen LogP contribution < -0.4 is 19.0 Å². The van der Waals surface area contributed by atoms with Crippen molar-refractivity contribution in [3.05, 3.63) is 47.0 Å². The van der Waals surface area contributed by atoms with Gasteiger partial charge in [-0.3, -0.25) is 0 Å². The third-order valence-electron chi connectivity index (χ3n) is 3.29. The van der Waals surface area contributed by atoms with Gasteiger partial charge < -0.3 is 14.2 Å². The molecule has 2 rings (SSSR count). The first-order valence-corrected chi connectivity index (χ1v) is 9.46. The summed E-state index contributed by atoms with van der Waals surface area (Å²) in [7, 11) is -0.843. The Hall–Kier alpha value is -2.45. The van der Waals surface area contributed by atoms with Crippen molar-refractivity contribution in [2.75, 3.05) is 20.8 Å². The van der Waals surface area contributed by atoms with Gasteiger partial charge >= 0.3 is 0 Å². The van der Waals surface area contributed by atoms with E-state index < -0.39 is 10.0 Å². The molecule has 0 atom stereocenters. The number of sulfonamides is 1. The van der Waals surface area contributed by atoms with Crippen LogP contribution in [0.15, 0.2) is 46.4 Å². The van der Waals surface area contributed by atoms with Crippen LogP contribution in [0, 0.1) is 0 Å². The molecule has 7 nitrogen and oxygen atoms in total. The summed E-state index contributed by atoms with van der Waals surface area (Å²) in [5, 5.41) is 4.09. The van der Waals surface area contributed by atoms with Crippen LogP contribution in [-0.4, -0.2) is 35.5 Å². The Balaban J connectivity index is 2.15. The van der Waals surface area contributed by atoms with Crippen LogP contribution >= 0.6 is 11.6 Å². The molecule has 0 aliphatic carbocycles. The summed E-state index contributed by atoms with van der Waals surface area (Å²) in [6.07, 6.45) is 1.32. The Kier molecular flexibility index (Phi) is 6.70. The average Bonchev–Trinajstić information content (AvgIpc) is 2.62. The highest BCUT2D eigenvalue weighted by molar-refractivity contribution is 7.89. The average molecular weight is 399 g/mol. The highest BCUT2D eigenvalue weighted by Crippen LogP contribution is 2.35. The molecule has 0 aliphatic heterocycles. The maximum absolute atomic E-state index is 12.2. The van der Waals surface area contributed by atoms with E-state index in [1.54, 1.807) is 24.3 Å². The second-order valence-corrected chi connectivity index (χ2v) is 7.06. The number of methoxy groups -OCH3 is 2. The molecule has 0 fully saturated rings. The van der Waals surface area contributed by atoms with Crippen molar-refractivity contribution in [2.45, 2.75) is 11.8 Å². The Morgan fingerprint density at radius 1 is 1.15 bits per heavy atom. The first kappa shape index (κ1) is 19.9. The van der Waals surface area contributed by atoms with Crippen molar-refractivity contribution in [3.8, 4) is 17.2 Å². The number of benzene rings is 2. The summed E-state index contributed by atoms with van der Waals surface area (Å²) in [6, 6.07) is 9.25. The van der Waals surface area contributed by atoms with Crippen molar-refractivity contribution in [3.63, 3.8) is 0 Å². The van der Waals surface area contributed by atoms with Crippen molar-refractivity contribution in [1.82, 2.24) is 4.83 Å². The normalized spacial score (nSPS) is 11.4. The van der Waals surface area contributed by atoms with Gasteiger partial charge in [-0.2, -0.15) is 13.5 Å². The fourth-order valence-electron chi connectivity index (χ4n) is 2.12. The number of hydrogen-bond donors (Lipinski definition) is 1. The van der Waals surface area contributed by atoms with E-state index in [9.17, 15) is 8.42 Å². The van der Waals surface area contributed by atoms with E-state index in [4.69, 9.17) is 25.8 Å². The summed E-state index contributed by atoms with van der Waals surface area (Å²) in [6.45, 7) is 2.35. The number of ether oxygens (including phenoxy) is 3. The zero-order valence-electron chi connectivity index (χ0n) is 14.5. The molecule has 0 aliphatic rings. The first-order valence-electron chi connectivity index (χ1n) is 7.60. The van der Waals surface area contributed by atoms with E-state index in [1.165, 1.54) is 32.6 Å². The molecule has 0 unspecified atom stereocenters. The summed E-state index contributed by atoms with van der Waals surface area (Å²) in [5.41, 5.74) is 0.544. The Labute approximate surface area is 157 Å². The molecule has 1 N–H and O–H groups in total. The molecule has 0 saturated heterocycles. The number of nitrogens with zero attached hydrogens (tertiary/aromatic N) is 1. The maximum atomic E-state index is 12.2. The fourth-order valence-corrected chi connectivity index (χ4v) is 3.20. The predicted molar refractivity (Wildman–Crippen MR) is 100 cm³/mol. The number of halogens is 1. The molecule has 0 aromatic heterocycles. The van der Waals surface area contributed by atoms with Crippen LogP contribution in [0.4, 0.5) is 0 Å². The predicted octanol–water partition coefficient (Wildman–Crippen LogP) is 3.07. The van der Waals surface area contributed by atoms with E-state index >= 15 is 0 Å². The Bertz CT molecular complexity index is 883. The van der Waals surface area contributed by atoms with E-state index in [0.717, 1.165) is 0 Å². The SMILES string of the molecule is CCOc1ccc(S(=O)(=O)N/N=C/c2cc(Cl)c(OC)c(OC)c2)cc1. The quantitative estimate of drug-likeness (QED) is 0.545. The van der Waals surface area contributed by atoms with Crippen LogP contribution in [-0.2, 0) is 10.0 Å². The van der Waals surface area contributed by atoms with Gasteiger partial charge in [0, 0.05) is 0 Å². The topological polar surface area (TPSA) is 86.2 Å². The summed E-state index contributed by atoms with van der Waals surface area (Å²) in [5.74, 6) is 1.40. The van der Waals surface area contributed by atoms with Gasteiger partial charge in [0.25, 0.3) is 10.0 Å². The molecule has 0 bridgehead atoms. The zero-order chi connectivity index (χ0) is 19.2. The smallest absolute Gasteiger partial charge is 0.276 e. The lowest BCUT2D eigenvalue weighted by molar-refractivity contribution is 0.340. The van der Waals surface area contributed by atoms with Crippen molar-refractivity contribution < 1.29 is 22.6 Å². The lowest BCUT2D eigenvalue weighted by atomic mass is 10.2. The van der Waals surface area contributed by atoms with Crippen LogP contribution in [0.2, 0.25) is 5.02 Å². The van der Waals surface area contributed by atoms with Gasteiger partial charge in [0.15, 0.2) is 11.5 Å². The van der Waals surface area contributed by atoms with E-state index in [0.29, 0.717) is 34.4 Å². The molecule has 0 saturated carbocycles. The fraction of sp³-hybridized carbons (Fsp3) is 0.235. The van der Waals surface area contributed by atoms with Gasteiger partial charge in [-0.1, -0.05) is 11.6 Å². The Morgan fingerprint density at radius 2 is 1.85 bits per heavy atom. The van der Waals surface area contributed by atoms with Gasteiger partial charge in [-0.05, 0) is 48.9 Å². The lowest BCUT2D eigenvalue weighted by Crippen LogP contribution is -2.18. The van der Waals surface area contributed by atoms with Crippen LogP contribution in [0.1, 0.15) is 12.5 Å². The minimum Gasteiger partial charge on any atom is -0.494 e. The molecule has 0 radical (unpaired) electrons. The molecular formula is C17H19ClN2O5S. The number of nitrogens with one attached hydrogen (secondary N) is 1. The second kappa shape index (κ2) is 8.77. The Morgan fingerprint density at radius 3 is 2.42 bits per heavy atom. The third kappa shape index (κ3) is 4.80. The zero-order valence-corrected chi connectivity index (χ0v) is 16.1. The van der Waals surface area contributed by atoms with Gasteiger partial charge in [-0.25, -0.2) is 4.83 Å². The minimum absolute atomic E-state index is 0.0726. The van der Waals surface area contributed by atoms with Gasteiger partial charge in [-0.15, -0.1) is 0 Å². The monoisotopic (exact) mass is 398 g/mol. The van der Waals surface area contributed by atoms with E-state index in [-0.39, 0.29) is 4.90 Å². The van der Waals surface area contributed by atoms with Crippen molar-refractivity contribution >= 4 is 27.8 Å². The molecular weight excluding hydrogens is 380 g/mol. The molecule has 26 heavy (non-hydrogen) atoms. The van der Waals surface area contributed by atoms with E-state index in [1.807, 2.05) is 6.92 Å². The molecule has 0 amide bonds. The highest BCUT2D eigenvalue weighted by Gasteiger charge is 2.13.